The third-order valence-electron chi connectivity index (χ3n) is 4.87. The zero-order valence-electron chi connectivity index (χ0n) is 15.7. The Morgan fingerprint density at radius 2 is 1.82 bits per heavy atom. The van der Waals surface area contributed by atoms with Gasteiger partial charge in [-0.2, -0.15) is 0 Å². The predicted octanol–water partition coefficient (Wildman–Crippen LogP) is 2.80. The summed E-state index contributed by atoms with van der Waals surface area (Å²) in [6.45, 7) is 1.12. The molecule has 0 saturated carbocycles. The number of hydrogen-bond donors (Lipinski definition) is 1. The number of halogens is 1. The first kappa shape index (κ1) is 19.8. The van der Waals surface area contributed by atoms with E-state index in [-0.39, 0.29) is 11.7 Å². The number of rotatable bonds is 5. The van der Waals surface area contributed by atoms with Gasteiger partial charge in [0.15, 0.2) is 0 Å². The molecule has 0 aromatic heterocycles. The number of amides is 1. The quantitative estimate of drug-likeness (QED) is 0.807. The van der Waals surface area contributed by atoms with Crippen molar-refractivity contribution in [1.29, 1.82) is 0 Å². The van der Waals surface area contributed by atoms with Crippen molar-refractivity contribution in [3.8, 4) is 0 Å². The zero-order valence-corrected chi connectivity index (χ0v) is 15.7. The lowest BCUT2D eigenvalue weighted by atomic mass is 9.96. The Balaban J connectivity index is 1.62. The Kier molecular flexibility index (Phi) is 6.21. The molecule has 0 unspecified atom stereocenters. The fourth-order valence-corrected chi connectivity index (χ4v) is 3.23. The highest BCUT2D eigenvalue weighted by Crippen LogP contribution is 2.24. The number of hydrogen-bond acceptors (Lipinski definition) is 4. The van der Waals surface area contributed by atoms with Gasteiger partial charge in [-0.05, 0) is 53.8 Å². The fraction of sp³-hybridized carbons (Fsp3) is 0.273. The molecule has 0 saturated heterocycles. The van der Waals surface area contributed by atoms with Gasteiger partial charge in [0, 0.05) is 18.7 Å². The number of ether oxygens (including phenoxy) is 1. The Morgan fingerprint density at radius 3 is 2.39 bits per heavy atom. The highest BCUT2D eigenvalue weighted by atomic mass is 19.1. The van der Waals surface area contributed by atoms with Crippen molar-refractivity contribution in [3.63, 3.8) is 0 Å². The monoisotopic (exact) mass is 382 g/mol. The molecular weight excluding hydrogens is 359 g/mol. The number of nitrogens with zero attached hydrogens (tertiary/aromatic N) is 1. The lowest BCUT2D eigenvalue weighted by Crippen LogP contribution is -2.34. The maximum absolute atomic E-state index is 13.0. The molecule has 146 valence electrons. The van der Waals surface area contributed by atoms with E-state index in [0.29, 0.717) is 25.1 Å². The second-order valence-electron chi connectivity index (χ2n) is 6.77. The minimum atomic E-state index is -0.671. The predicted molar refractivity (Wildman–Crippen MR) is 105 cm³/mol. The molecule has 3 rings (SSSR count). The maximum Gasteiger partial charge on any atom is 0.322 e. The first-order valence-electron chi connectivity index (χ1n) is 9.14. The highest BCUT2D eigenvalue weighted by molar-refractivity contribution is 5.94. The van der Waals surface area contributed by atoms with Crippen LogP contribution < -0.4 is 5.73 Å². The van der Waals surface area contributed by atoms with Crippen molar-refractivity contribution in [2.24, 2.45) is 5.73 Å². The van der Waals surface area contributed by atoms with Crippen LogP contribution in [-0.2, 0) is 16.0 Å². The van der Waals surface area contributed by atoms with E-state index in [4.69, 9.17) is 5.73 Å². The van der Waals surface area contributed by atoms with Gasteiger partial charge in [0.05, 0.1) is 7.11 Å². The number of nitrogens with two attached hydrogens (primary N) is 1. The molecule has 1 heterocycles. The van der Waals surface area contributed by atoms with Crippen LogP contribution in [-0.4, -0.2) is 43.0 Å². The van der Waals surface area contributed by atoms with Gasteiger partial charge in [-0.15, -0.1) is 0 Å². The minimum absolute atomic E-state index is 0.0950. The van der Waals surface area contributed by atoms with Gasteiger partial charge in [-0.3, -0.25) is 9.59 Å². The summed E-state index contributed by atoms with van der Waals surface area (Å²) in [5.74, 6) is -0.874. The van der Waals surface area contributed by atoms with E-state index in [9.17, 15) is 14.0 Å². The molecule has 28 heavy (non-hydrogen) atoms. The van der Waals surface area contributed by atoms with Crippen molar-refractivity contribution < 1.29 is 18.7 Å². The van der Waals surface area contributed by atoms with Gasteiger partial charge < -0.3 is 15.4 Å². The SMILES string of the molecule is COC(=O)[C@@H](N)Cc1ccc(C2=CCN(C(=O)c3ccc(F)cc3)CC2)cc1. The van der Waals surface area contributed by atoms with E-state index in [2.05, 4.69) is 4.74 Å². The molecule has 6 heteroatoms. The van der Waals surface area contributed by atoms with Gasteiger partial charge in [-0.1, -0.05) is 30.3 Å². The summed E-state index contributed by atoms with van der Waals surface area (Å²) in [7, 11) is 1.32. The van der Waals surface area contributed by atoms with Crippen LogP contribution in [0.2, 0.25) is 0 Å². The number of carbonyl (C=O) groups is 2. The molecule has 0 fully saturated rings. The van der Waals surface area contributed by atoms with Gasteiger partial charge in [0.1, 0.15) is 11.9 Å². The Labute approximate surface area is 163 Å². The van der Waals surface area contributed by atoms with Crippen LogP contribution >= 0.6 is 0 Å². The number of esters is 1. The average Bonchev–Trinajstić information content (AvgIpc) is 2.74. The molecule has 0 radical (unpaired) electrons. The minimum Gasteiger partial charge on any atom is -0.468 e. The molecule has 2 aromatic carbocycles. The van der Waals surface area contributed by atoms with Gasteiger partial charge in [0.25, 0.3) is 5.91 Å². The molecule has 1 amide bonds. The number of carbonyl (C=O) groups excluding carboxylic acids is 2. The topological polar surface area (TPSA) is 72.6 Å². The second-order valence-corrected chi connectivity index (χ2v) is 6.77. The van der Waals surface area contributed by atoms with E-state index >= 15 is 0 Å². The second kappa shape index (κ2) is 8.80. The number of methoxy groups -OCH3 is 1. The lowest BCUT2D eigenvalue weighted by molar-refractivity contribution is -0.142. The first-order chi connectivity index (χ1) is 13.5. The van der Waals surface area contributed by atoms with E-state index in [1.165, 1.54) is 36.9 Å². The van der Waals surface area contributed by atoms with E-state index in [1.54, 1.807) is 4.90 Å². The lowest BCUT2D eigenvalue weighted by Gasteiger charge is -2.27. The summed E-state index contributed by atoms with van der Waals surface area (Å²) in [5.41, 5.74) is 9.51. The molecule has 5 nitrogen and oxygen atoms in total. The molecule has 0 aliphatic carbocycles. The standard InChI is InChI=1S/C22H23FN2O3/c1-28-22(27)20(24)14-15-2-4-16(5-3-15)17-10-12-25(13-11-17)21(26)18-6-8-19(23)9-7-18/h2-10,20H,11-14,24H2,1H3/t20-/m0/s1. The summed E-state index contributed by atoms with van der Waals surface area (Å²) in [5, 5.41) is 0. The molecule has 1 aliphatic rings. The third-order valence-corrected chi connectivity index (χ3v) is 4.87. The first-order valence-corrected chi connectivity index (χ1v) is 9.14. The molecule has 1 atom stereocenters. The Hall–Kier alpha value is -2.99. The highest BCUT2D eigenvalue weighted by Gasteiger charge is 2.19. The van der Waals surface area contributed by atoms with Crippen LogP contribution in [0.25, 0.3) is 5.57 Å². The third kappa shape index (κ3) is 4.64. The summed E-state index contributed by atoms with van der Waals surface area (Å²) >= 11 is 0. The van der Waals surface area contributed by atoms with Crippen LogP contribution in [0.15, 0.2) is 54.6 Å². The van der Waals surface area contributed by atoms with Gasteiger partial charge in [-0.25, -0.2) is 4.39 Å². The Bertz CT molecular complexity index is 876. The smallest absolute Gasteiger partial charge is 0.322 e. The molecule has 2 N–H and O–H groups in total. The van der Waals surface area contributed by atoms with E-state index in [1.807, 2.05) is 30.3 Å². The van der Waals surface area contributed by atoms with Crippen molar-refractivity contribution in [2.75, 3.05) is 20.2 Å². The summed E-state index contributed by atoms with van der Waals surface area (Å²) in [6.07, 6.45) is 3.21. The molecular formula is C22H23FN2O3. The van der Waals surface area contributed by atoms with E-state index < -0.39 is 12.0 Å². The maximum atomic E-state index is 13.0. The van der Waals surface area contributed by atoms with Crippen LogP contribution in [0.1, 0.15) is 27.9 Å². The summed E-state index contributed by atoms with van der Waals surface area (Å²) in [6, 6.07) is 12.9. The number of benzene rings is 2. The van der Waals surface area contributed by atoms with Crippen LogP contribution in [0.5, 0.6) is 0 Å². The largest absolute Gasteiger partial charge is 0.468 e. The van der Waals surface area contributed by atoms with Crippen LogP contribution in [0.3, 0.4) is 0 Å². The molecule has 2 aromatic rings. The molecule has 0 bridgehead atoms. The summed E-state index contributed by atoms with van der Waals surface area (Å²) < 4.78 is 17.7. The normalized spacial score (nSPS) is 15.0. The van der Waals surface area contributed by atoms with Gasteiger partial charge >= 0.3 is 5.97 Å². The van der Waals surface area contributed by atoms with Crippen molar-refractivity contribution in [2.45, 2.75) is 18.9 Å². The molecule has 1 aliphatic heterocycles. The van der Waals surface area contributed by atoms with Gasteiger partial charge in [0.2, 0.25) is 0 Å². The van der Waals surface area contributed by atoms with E-state index in [0.717, 1.165) is 17.5 Å². The Morgan fingerprint density at radius 1 is 1.14 bits per heavy atom. The fourth-order valence-electron chi connectivity index (χ4n) is 3.23. The van der Waals surface area contributed by atoms with Crippen molar-refractivity contribution in [3.05, 3.63) is 77.1 Å². The van der Waals surface area contributed by atoms with Crippen LogP contribution in [0, 0.1) is 5.82 Å². The van der Waals surface area contributed by atoms with Crippen molar-refractivity contribution in [1.82, 2.24) is 4.90 Å². The van der Waals surface area contributed by atoms with Crippen LogP contribution in [0.4, 0.5) is 4.39 Å². The summed E-state index contributed by atoms with van der Waals surface area (Å²) in [4.78, 5) is 25.7. The van der Waals surface area contributed by atoms with Crippen molar-refractivity contribution >= 4 is 17.4 Å². The zero-order chi connectivity index (χ0) is 20.1. The molecule has 0 spiro atoms. The average molecular weight is 382 g/mol.